The van der Waals surface area contributed by atoms with Crippen LogP contribution in [0.5, 0.6) is 0 Å². The fourth-order valence-electron chi connectivity index (χ4n) is 2.54. The van der Waals surface area contributed by atoms with Crippen molar-refractivity contribution in [1.29, 1.82) is 0 Å². The van der Waals surface area contributed by atoms with Crippen LogP contribution in [0, 0.1) is 0 Å². The number of amides is 1. The van der Waals surface area contributed by atoms with Crippen LogP contribution in [0.15, 0.2) is 35.7 Å². The van der Waals surface area contributed by atoms with E-state index in [-0.39, 0.29) is 12.3 Å². The molecule has 5 nitrogen and oxygen atoms in total. The highest BCUT2D eigenvalue weighted by Gasteiger charge is 2.11. The molecule has 0 aliphatic heterocycles. The number of aromatic nitrogens is 3. The molecule has 2 heterocycles. The van der Waals surface area contributed by atoms with E-state index in [1.807, 2.05) is 23.6 Å². The summed E-state index contributed by atoms with van der Waals surface area (Å²) in [6.07, 6.45) is 5.47. The maximum absolute atomic E-state index is 12.2. The molecule has 3 aromatic rings. The van der Waals surface area contributed by atoms with E-state index in [4.69, 9.17) is 0 Å². The summed E-state index contributed by atoms with van der Waals surface area (Å²) >= 11 is 3.05. The number of carbonyl (C=O) groups is 1. The first kappa shape index (κ1) is 18.7. The number of benzene rings is 1. The third kappa shape index (κ3) is 5.71. The van der Waals surface area contributed by atoms with Crippen molar-refractivity contribution in [3.8, 4) is 0 Å². The van der Waals surface area contributed by atoms with Crippen LogP contribution in [-0.4, -0.2) is 21.1 Å². The van der Waals surface area contributed by atoms with E-state index >= 15 is 0 Å². The lowest BCUT2D eigenvalue weighted by Gasteiger charge is -1.99. The Morgan fingerprint density at radius 2 is 1.96 bits per heavy atom. The molecule has 0 bridgehead atoms. The summed E-state index contributed by atoms with van der Waals surface area (Å²) in [5.74, 6) is -0.0992. The van der Waals surface area contributed by atoms with Crippen LogP contribution < -0.4 is 5.32 Å². The van der Waals surface area contributed by atoms with E-state index in [0.29, 0.717) is 5.13 Å². The van der Waals surface area contributed by atoms with E-state index < -0.39 is 0 Å². The fraction of sp³-hybridized carbons (Fsp3) is 0.368. The normalized spacial score (nSPS) is 10.8. The van der Waals surface area contributed by atoms with Gasteiger partial charge in [0.25, 0.3) is 0 Å². The fourth-order valence-corrected chi connectivity index (χ4v) is 4.17. The van der Waals surface area contributed by atoms with Crippen LogP contribution in [0.4, 0.5) is 5.13 Å². The lowest BCUT2D eigenvalue weighted by molar-refractivity contribution is -0.115. The van der Waals surface area contributed by atoms with Gasteiger partial charge in [0.2, 0.25) is 11.0 Å². The van der Waals surface area contributed by atoms with Gasteiger partial charge >= 0.3 is 0 Å². The zero-order chi connectivity index (χ0) is 18.2. The molecule has 1 aromatic carbocycles. The molecule has 0 aliphatic carbocycles. The Kier molecular flexibility index (Phi) is 6.85. The molecule has 7 heteroatoms. The molecule has 1 amide bonds. The Balaban J connectivity index is 1.49. The highest BCUT2D eigenvalue weighted by Crippen LogP contribution is 2.19. The van der Waals surface area contributed by atoms with E-state index in [1.165, 1.54) is 29.7 Å². The number of carbonyl (C=O) groups excluding carboxylic acids is 1. The summed E-state index contributed by atoms with van der Waals surface area (Å²) in [4.78, 5) is 16.8. The van der Waals surface area contributed by atoms with Gasteiger partial charge in [-0.05, 0) is 12.0 Å². The van der Waals surface area contributed by atoms with Crippen molar-refractivity contribution < 1.29 is 4.79 Å². The van der Waals surface area contributed by atoms with Gasteiger partial charge in [0.15, 0.2) is 0 Å². The minimum absolute atomic E-state index is 0.0992. The molecule has 0 aliphatic rings. The predicted octanol–water partition coefficient (Wildman–Crippen LogP) is 4.50. The number of hydrogen-bond acceptors (Lipinski definition) is 6. The van der Waals surface area contributed by atoms with E-state index in [9.17, 15) is 4.79 Å². The molecule has 136 valence electrons. The molecule has 0 radical (unpaired) electrons. The lowest BCUT2D eigenvalue weighted by atomic mass is 10.2. The molecule has 1 N–H and O–H groups in total. The quantitative estimate of drug-likeness (QED) is 0.550. The minimum atomic E-state index is -0.0992. The Hall–Kier alpha value is -2.12. The number of nitrogens with zero attached hydrogens (tertiary/aromatic N) is 3. The van der Waals surface area contributed by atoms with Crippen molar-refractivity contribution in [2.75, 3.05) is 5.32 Å². The van der Waals surface area contributed by atoms with Crippen LogP contribution in [0.2, 0.25) is 0 Å². The summed E-state index contributed by atoms with van der Waals surface area (Å²) < 4.78 is 0. The van der Waals surface area contributed by atoms with Crippen LogP contribution in [0.1, 0.15) is 47.5 Å². The summed E-state index contributed by atoms with van der Waals surface area (Å²) in [5, 5.41) is 15.6. The van der Waals surface area contributed by atoms with Gasteiger partial charge in [-0.2, -0.15) is 0 Å². The highest BCUT2D eigenvalue weighted by molar-refractivity contribution is 7.15. The molecule has 0 unspecified atom stereocenters. The van der Waals surface area contributed by atoms with E-state index in [0.717, 1.165) is 35.0 Å². The maximum atomic E-state index is 12.2. The third-order valence-electron chi connectivity index (χ3n) is 3.85. The smallest absolute Gasteiger partial charge is 0.232 e. The second-order valence-electron chi connectivity index (χ2n) is 6.08. The molecule has 0 spiro atoms. The molecule has 0 fully saturated rings. The zero-order valence-electron chi connectivity index (χ0n) is 14.8. The number of nitrogens with one attached hydrogen (secondary N) is 1. The second kappa shape index (κ2) is 9.54. The SMILES string of the molecule is CCCCCc1nnc(NC(=O)Cc2csc(Cc3ccccc3)n2)s1. The third-order valence-corrected chi connectivity index (χ3v) is 5.64. The number of thiazole rings is 1. The molecule has 0 atom stereocenters. The van der Waals surface area contributed by atoms with Gasteiger partial charge in [0.1, 0.15) is 5.01 Å². The predicted molar refractivity (Wildman–Crippen MR) is 107 cm³/mol. The largest absolute Gasteiger partial charge is 0.300 e. The van der Waals surface area contributed by atoms with Gasteiger partial charge in [-0.25, -0.2) is 4.98 Å². The molecular weight excluding hydrogens is 364 g/mol. The first-order valence-electron chi connectivity index (χ1n) is 8.82. The van der Waals surface area contributed by atoms with Crippen molar-refractivity contribution in [3.05, 3.63) is 57.0 Å². The average molecular weight is 387 g/mol. The number of anilines is 1. The monoisotopic (exact) mass is 386 g/mol. The Morgan fingerprint density at radius 3 is 2.77 bits per heavy atom. The van der Waals surface area contributed by atoms with Gasteiger partial charge in [0.05, 0.1) is 17.1 Å². The number of aryl methyl sites for hydroxylation is 1. The van der Waals surface area contributed by atoms with Gasteiger partial charge in [-0.3, -0.25) is 4.79 Å². The second-order valence-corrected chi connectivity index (χ2v) is 8.08. The zero-order valence-corrected chi connectivity index (χ0v) is 16.4. The van der Waals surface area contributed by atoms with Gasteiger partial charge in [-0.15, -0.1) is 21.5 Å². The summed E-state index contributed by atoms with van der Waals surface area (Å²) in [7, 11) is 0. The first-order chi connectivity index (χ1) is 12.7. The molecule has 2 aromatic heterocycles. The van der Waals surface area contributed by atoms with E-state index in [2.05, 4.69) is 39.6 Å². The summed E-state index contributed by atoms with van der Waals surface area (Å²) in [6, 6.07) is 10.2. The van der Waals surface area contributed by atoms with Gasteiger partial charge < -0.3 is 5.32 Å². The molecule has 26 heavy (non-hydrogen) atoms. The topological polar surface area (TPSA) is 67.8 Å². The van der Waals surface area contributed by atoms with Crippen molar-refractivity contribution in [1.82, 2.24) is 15.2 Å². The standard InChI is InChI=1S/C19H22N4OS2/c1-2-3-5-10-17-22-23-19(26-17)21-16(24)12-15-13-25-18(20-15)11-14-8-6-4-7-9-14/h4,6-9,13H,2-3,5,10-12H2,1H3,(H,21,23,24). The van der Waals surface area contributed by atoms with Crippen LogP contribution in [-0.2, 0) is 24.1 Å². The molecule has 3 rings (SSSR count). The molecular formula is C19H22N4OS2. The van der Waals surface area contributed by atoms with Crippen molar-refractivity contribution in [3.63, 3.8) is 0 Å². The van der Waals surface area contributed by atoms with Crippen LogP contribution >= 0.6 is 22.7 Å². The Bertz CT molecular complexity index is 829. The van der Waals surface area contributed by atoms with Crippen LogP contribution in [0.3, 0.4) is 0 Å². The van der Waals surface area contributed by atoms with Crippen LogP contribution in [0.25, 0.3) is 0 Å². The maximum Gasteiger partial charge on any atom is 0.232 e. The van der Waals surface area contributed by atoms with Crippen molar-refractivity contribution in [2.24, 2.45) is 0 Å². The highest BCUT2D eigenvalue weighted by atomic mass is 32.1. The van der Waals surface area contributed by atoms with Gasteiger partial charge in [0, 0.05) is 18.2 Å². The van der Waals surface area contributed by atoms with Crippen molar-refractivity contribution in [2.45, 2.75) is 45.4 Å². The lowest BCUT2D eigenvalue weighted by Crippen LogP contribution is -2.14. The van der Waals surface area contributed by atoms with E-state index in [1.54, 1.807) is 11.3 Å². The first-order valence-corrected chi connectivity index (χ1v) is 10.5. The average Bonchev–Trinajstić information content (AvgIpc) is 3.25. The number of hydrogen-bond donors (Lipinski definition) is 1. The van der Waals surface area contributed by atoms with Gasteiger partial charge in [-0.1, -0.05) is 61.4 Å². The minimum Gasteiger partial charge on any atom is -0.300 e. The number of unbranched alkanes of at least 4 members (excludes halogenated alkanes) is 2. The summed E-state index contributed by atoms with van der Waals surface area (Å²) in [6.45, 7) is 2.18. The van der Waals surface area contributed by atoms with Crippen molar-refractivity contribution >= 4 is 33.7 Å². The summed E-state index contributed by atoms with van der Waals surface area (Å²) in [5.41, 5.74) is 2.02. The molecule has 0 saturated heterocycles. The number of rotatable bonds is 9. The Morgan fingerprint density at radius 1 is 1.12 bits per heavy atom. The molecule has 0 saturated carbocycles. The Labute approximate surface area is 161 Å².